The molecule has 2 aromatic carbocycles. The summed E-state index contributed by atoms with van der Waals surface area (Å²) in [4.78, 5) is 36.2. The molecule has 0 bridgehead atoms. The lowest BCUT2D eigenvalue weighted by Gasteiger charge is -2.19. The van der Waals surface area contributed by atoms with E-state index in [4.69, 9.17) is 4.74 Å². The van der Waals surface area contributed by atoms with E-state index in [0.29, 0.717) is 17.0 Å². The van der Waals surface area contributed by atoms with E-state index in [2.05, 4.69) is 5.32 Å². The lowest BCUT2D eigenvalue weighted by molar-refractivity contribution is -0.384. The molecule has 7 heteroatoms. The average molecular weight is 410 g/mol. The van der Waals surface area contributed by atoms with E-state index < -0.39 is 22.9 Å². The smallest absolute Gasteiger partial charge is 0.306 e. The molecule has 1 aliphatic carbocycles. The third kappa shape index (κ3) is 5.65. The number of carbonyl (C=O) groups is 2. The molecule has 0 unspecified atom stereocenters. The molecular weight excluding hydrogens is 384 g/mol. The standard InChI is InChI=1S/C23H26N2O5/c1-16-11-13-19(20(15-16)25(28)29)24-23(27)22(18-9-3-2-4-10-18)30-21(26)14-12-17-7-5-6-8-17/h2-4,9-11,13,15,17,22H,5-8,12,14H2,1H3,(H,24,27)/t22-/m1/s1. The fourth-order valence-corrected chi connectivity index (χ4v) is 3.81. The van der Waals surface area contributed by atoms with E-state index in [-0.39, 0.29) is 17.8 Å². The van der Waals surface area contributed by atoms with Crippen molar-refractivity contribution in [3.8, 4) is 0 Å². The summed E-state index contributed by atoms with van der Waals surface area (Å²) in [6, 6.07) is 13.2. The van der Waals surface area contributed by atoms with Gasteiger partial charge in [-0.2, -0.15) is 0 Å². The number of esters is 1. The molecule has 0 radical (unpaired) electrons. The molecule has 0 spiro atoms. The van der Waals surface area contributed by atoms with Crippen LogP contribution in [0.25, 0.3) is 0 Å². The van der Waals surface area contributed by atoms with Gasteiger partial charge in [0.2, 0.25) is 6.10 Å². The summed E-state index contributed by atoms with van der Waals surface area (Å²) >= 11 is 0. The number of nitrogens with zero attached hydrogens (tertiary/aromatic N) is 1. The fraction of sp³-hybridized carbons (Fsp3) is 0.391. The van der Waals surface area contributed by atoms with Crippen molar-refractivity contribution >= 4 is 23.3 Å². The van der Waals surface area contributed by atoms with Crippen LogP contribution in [0.15, 0.2) is 48.5 Å². The van der Waals surface area contributed by atoms with Crippen molar-refractivity contribution in [2.75, 3.05) is 5.32 Å². The minimum atomic E-state index is -1.18. The Labute approximate surface area is 175 Å². The van der Waals surface area contributed by atoms with Gasteiger partial charge in [-0.25, -0.2) is 0 Å². The van der Waals surface area contributed by atoms with Gasteiger partial charge < -0.3 is 10.1 Å². The maximum Gasteiger partial charge on any atom is 0.306 e. The Hall–Kier alpha value is -3.22. The summed E-state index contributed by atoms with van der Waals surface area (Å²) < 4.78 is 5.53. The summed E-state index contributed by atoms with van der Waals surface area (Å²) in [6.07, 6.45) is 4.49. The van der Waals surface area contributed by atoms with Crippen LogP contribution < -0.4 is 5.32 Å². The van der Waals surface area contributed by atoms with Crippen LogP contribution in [0.5, 0.6) is 0 Å². The van der Waals surface area contributed by atoms with Gasteiger partial charge in [0, 0.05) is 18.1 Å². The molecule has 0 aliphatic heterocycles. The number of hydrogen-bond donors (Lipinski definition) is 1. The molecule has 30 heavy (non-hydrogen) atoms. The number of nitro benzene ring substituents is 1. The predicted octanol–water partition coefficient (Wildman–Crippen LogP) is 5.10. The molecule has 1 atom stereocenters. The number of anilines is 1. The first-order valence-corrected chi connectivity index (χ1v) is 10.2. The second kappa shape index (κ2) is 10.0. The highest BCUT2D eigenvalue weighted by Crippen LogP contribution is 2.30. The summed E-state index contributed by atoms with van der Waals surface area (Å²) in [5, 5.41) is 13.9. The van der Waals surface area contributed by atoms with Gasteiger partial charge in [-0.15, -0.1) is 0 Å². The maximum atomic E-state index is 13.0. The number of rotatable bonds is 8. The van der Waals surface area contributed by atoms with Gasteiger partial charge in [-0.1, -0.05) is 62.1 Å². The van der Waals surface area contributed by atoms with Crippen LogP contribution >= 0.6 is 0 Å². The molecule has 1 fully saturated rings. The molecule has 2 aromatic rings. The van der Waals surface area contributed by atoms with Crippen molar-refractivity contribution in [3.63, 3.8) is 0 Å². The zero-order valence-electron chi connectivity index (χ0n) is 17.0. The maximum absolute atomic E-state index is 13.0. The quantitative estimate of drug-likeness (QED) is 0.371. The Kier molecular flexibility index (Phi) is 7.17. The van der Waals surface area contributed by atoms with Crippen LogP contribution in [0.1, 0.15) is 55.8 Å². The van der Waals surface area contributed by atoms with Crippen molar-refractivity contribution < 1.29 is 19.2 Å². The zero-order valence-corrected chi connectivity index (χ0v) is 17.0. The van der Waals surface area contributed by atoms with Crippen molar-refractivity contribution in [2.24, 2.45) is 5.92 Å². The van der Waals surface area contributed by atoms with Gasteiger partial charge in [0.15, 0.2) is 0 Å². The van der Waals surface area contributed by atoms with Crippen molar-refractivity contribution in [1.29, 1.82) is 0 Å². The van der Waals surface area contributed by atoms with E-state index in [1.807, 2.05) is 0 Å². The van der Waals surface area contributed by atoms with Crippen molar-refractivity contribution in [2.45, 2.75) is 51.6 Å². The number of amides is 1. The van der Waals surface area contributed by atoms with E-state index in [1.54, 1.807) is 43.3 Å². The van der Waals surface area contributed by atoms with Crippen LogP contribution in [0.2, 0.25) is 0 Å². The molecule has 1 amide bonds. The van der Waals surface area contributed by atoms with E-state index >= 15 is 0 Å². The van der Waals surface area contributed by atoms with Crippen molar-refractivity contribution in [1.82, 2.24) is 0 Å². The number of nitrogens with one attached hydrogen (secondary N) is 1. The first-order chi connectivity index (χ1) is 14.4. The Morgan fingerprint density at radius 1 is 1.17 bits per heavy atom. The normalized spacial score (nSPS) is 14.8. The summed E-state index contributed by atoms with van der Waals surface area (Å²) in [5.74, 6) is -0.525. The van der Waals surface area contributed by atoms with Gasteiger partial charge in [0.1, 0.15) is 5.69 Å². The average Bonchev–Trinajstić information content (AvgIpc) is 3.26. The first-order valence-electron chi connectivity index (χ1n) is 10.2. The van der Waals surface area contributed by atoms with Gasteiger partial charge >= 0.3 is 5.97 Å². The topological polar surface area (TPSA) is 98.5 Å². The summed E-state index contributed by atoms with van der Waals surface area (Å²) in [6.45, 7) is 1.73. The molecule has 0 heterocycles. The number of ether oxygens (including phenoxy) is 1. The Bertz CT molecular complexity index is 907. The minimum absolute atomic E-state index is 0.0681. The molecule has 3 rings (SSSR count). The summed E-state index contributed by atoms with van der Waals surface area (Å²) in [7, 11) is 0. The lowest BCUT2D eigenvalue weighted by Crippen LogP contribution is -2.26. The lowest BCUT2D eigenvalue weighted by atomic mass is 10.0. The van der Waals surface area contributed by atoms with Crippen LogP contribution in [0.3, 0.4) is 0 Å². The highest BCUT2D eigenvalue weighted by molar-refractivity contribution is 5.97. The van der Waals surface area contributed by atoms with Gasteiger partial charge in [0.05, 0.1) is 4.92 Å². The summed E-state index contributed by atoms with van der Waals surface area (Å²) in [5.41, 5.74) is 1.08. The van der Waals surface area contributed by atoms with E-state index in [1.165, 1.54) is 25.0 Å². The molecule has 7 nitrogen and oxygen atoms in total. The number of aryl methyl sites for hydroxylation is 1. The van der Waals surface area contributed by atoms with Gasteiger partial charge in [-0.3, -0.25) is 19.7 Å². The van der Waals surface area contributed by atoms with E-state index in [0.717, 1.165) is 19.3 Å². The number of hydrogen-bond acceptors (Lipinski definition) is 5. The van der Waals surface area contributed by atoms with Crippen LogP contribution in [-0.4, -0.2) is 16.8 Å². The first kappa shape index (κ1) is 21.5. The van der Waals surface area contributed by atoms with E-state index in [9.17, 15) is 19.7 Å². The second-order valence-electron chi connectivity index (χ2n) is 7.74. The minimum Gasteiger partial charge on any atom is -0.447 e. The highest BCUT2D eigenvalue weighted by atomic mass is 16.6. The van der Waals surface area contributed by atoms with Crippen LogP contribution in [0, 0.1) is 23.0 Å². The molecule has 158 valence electrons. The third-order valence-electron chi connectivity index (χ3n) is 5.43. The Morgan fingerprint density at radius 2 is 1.87 bits per heavy atom. The second-order valence-corrected chi connectivity index (χ2v) is 7.74. The SMILES string of the molecule is Cc1ccc(NC(=O)[C@H](OC(=O)CCC2CCCC2)c2ccccc2)c([N+](=O)[O-])c1. The molecule has 1 N–H and O–H groups in total. The van der Waals surface area contributed by atoms with Crippen molar-refractivity contribution in [3.05, 3.63) is 69.8 Å². The largest absolute Gasteiger partial charge is 0.447 e. The zero-order chi connectivity index (χ0) is 21.5. The predicted molar refractivity (Wildman–Crippen MR) is 113 cm³/mol. The highest BCUT2D eigenvalue weighted by Gasteiger charge is 2.28. The molecule has 1 saturated carbocycles. The Balaban J connectivity index is 1.74. The number of carbonyl (C=O) groups excluding carboxylic acids is 2. The molecular formula is C23H26N2O5. The number of nitro groups is 1. The van der Waals surface area contributed by atoms with Gasteiger partial charge in [-0.05, 0) is 30.9 Å². The molecule has 0 aromatic heterocycles. The van der Waals surface area contributed by atoms with Crippen LogP contribution in [0.4, 0.5) is 11.4 Å². The fourth-order valence-electron chi connectivity index (χ4n) is 3.81. The monoisotopic (exact) mass is 410 g/mol. The van der Waals surface area contributed by atoms with Gasteiger partial charge in [0.25, 0.3) is 11.6 Å². The third-order valence-corrected chi connectivity index (χ3v) is 5.43. The molecule has 0 saturated heterocycles. The van der Waals surface area contributed by atoms with Crippen LogP contribution in [-0.2, 0) is 14.3 Å². The Morgan fingerprint density at radius 3 is 2.53 bits per heavy atom. The molecule has 1 aliphatic rings. The number of benzene rings is 2.